The van der Waals surface area contributed by atoms with E-state index in [2.05, 4.69) is 0 Å². The van der Waals surface area contributed by atoms with Gasteiger partial charge in [0.05, 0.1) is 17.1 Å². The molecule has 1 aromatic rings. The van der Waals surface area contributed by atoms with Crippen LogP contribution in [0.1, 0.15) is 5.56 Å². The van der Waals surface area contributed by atoms with Crippen LogP contribution in [0.2, 0.25) is 5.02 Å². The minimum atomic E-state index is -0.546. The lowest BCUT2D eigenvalue weighted by Gasteiger charge is -2.03. The number of hydrogen-bond acceptors (Lipinski definition) is 3. The molecule has 14 heavy (non-hydrogen) atoms. The van der Waals surface area contributed by atoms with Gasteiger partial charge in [0.2, 0.25) is 6.20 Å². The molecule has 0 aromatic heterocycles. The highest BCUT2D eigenvalue weighted by atomic mass is 35.5. The Kier molecular flexibility index (Phi) is 3.48. The number of benzene rings is 1. The summed E-state index contributed by atoms with van der Waals surface area (Å²) >= 11 is 5.89. The topological polar surface area (TPSA) is 52.4 Å². The van der Waals surface area contributed by atoms with E-state index in [-0.39, 0.29) is 0 Å². The second-order valence-electron chi connectivity index (χ2n) is 2.46. The second kappa shape index (κ2) is 4.62. The van der Waals surface area contributed by atoms with E-state index >= 15 is 0 Å². The standard InChI is InChI=1S/C9H8ClNO3/c1-14-8-4-2-3-7(9(8)10)5-6-11(12)13/h2-6H,1H3/b6-5+. The van der Waals surface area contributed by atoms with E-state index in [1.54, 1.807) is 18.2 Å². The van der Waals surface area contributed by atoms with E-state index in [1.165, 1.54) is 13.2 Å². The van der Waals surface area contributed by atoms with Crippen LogP contribution in [-0.2, 0) is 0 Å². The largest absolute Gasteiger partial charge is 0.495 e. The van der Waals surface area contributed by atoms with Crippen molar-refractivity contribution in [1.82, 2.24) is 0 Å². The van der Waals surface area contributed by atoms with Crippen LogP contribution in [0, 0.1) is 10.1 Å². The van der Waals surface area contributed by atoms with Crippen LogP contribution in [0.3, 0.4) is 0 Å². The van der Waals surface area contributed by atoms with Gasteiger partial charge in [0.25, 0.3) is 0 Å². The van der Waals surface area contributed by atoms with Crippen LogP contribution < -0.4 is 4.74 Å². The zero-order valence-electron chi connectivity index (χ0n) is 7.44. The lowest BCUT2D eigenvalue weighted by atomic mass is 10.2. The Morgan fingerprint density at radius 1 is 1.57 bits per heavy atom. The highest BCUT2D eigenvalue weighted by Gasteiger charge is 2.03. The number of nitrogens with zero attached hydrogens (tertiary/aromatic N) is 1. The van der Waals surface area contributed by atoms with Gasteiger partial charge in [-0.25, -0.2) is 0 Å². The molecule has 74 valence electrons. The van der Waals surface area contributed by atoms with Crippen molar-refractivity contribution in [3.63, 3.8) is 0 Å². The average Bonchev–Trinajstić information content (AvgIpc) is 2.16. The lowest BCUT2D eigenvalue weighted by molar-refractivity contribution is -0.400. The molecule has 0 bridgehead atoms. The van der Waals surface area contributed by atoms with Crippen molar-refractivity contribution >= 4 is 17.7 Å². The minimum absolute atomic E-state index is 0.369. The molecule has 1 rings (SSSR count). The predicted octanol–water partition coefficient (Wildman–Crippen LogP) is 2.60. The first kappa shape index (κ1) is 10.5. The molecule has 0 heterocycles. The Bertz CT molecular complexity index is 376. The van der Waals surface area contributed by atoms with Crippen LogP contribution >= 0.6 is 11.6 Å². The third-order valence-corrected chi connectivity index (χ3v) is 1.99. The quantitative estimate of drug-likeness (QED) is 0.573. The van der Waals surface area contributed by atoms with E-state index in [9.17, 15) is 10.1 Å². The maximum atomic E-state index is 10.1. The van der Waals surface area contributed by atoms with Crippen molar-refractivity contribution in [2.75, 3.05) is 7.11 Å². The maximum Gasteiger partial charge on any atom is 0.235 e. The second-order valence-corrected chi connectivity index (χ2v) is 2.84. The normalized spacial score (nSPS) is 10.4. The fourth-order valence-corrected chi connectivity index (χ4v) is 1.22. The van der Waals surface area contributed by atoms with Crippen LogP contribution in [0.5, 0.6) is 5.75 Å². The summed E-state index contributed by atoms with van der Waals surface area (Å²) in [5.41, 5.74) is 0.558. The maximum absolute atomic E-state index is 10.1. The minimum Gasteiger partial charge on any atom is -0.495 e. The molecule has 0 fully saturated rings. The van der Waals surface area contributed by atoms with Gasteiger partial charge in [0.15, 0.2) is 0 Å². The molecule has 4 nitrogen and oxygen atoms in total. The third-order valence-electron chi connectivity index (χ3n) is 1.59. The molecule has 0 saturated carbocycles. The summed E-state index contributed by atoms with van der Waals surface area (Å²) in [4.78, 5) is 9.54. The summed E-state index contributed by atoms with van der Waals surface area (Å²) in [5, 5.41) is 10.5. The Morgan fingerprint density at radius 3 is 2.86 bits per heavy atom. The number of hydrogen-bond donors (Lipinski definition) is 0. The van der Waals surface area contributed by atoms with E-state index in [0.29, 0.717) is 16.3 Å². The molecule has 0 aliphatic rings. The number of ether oxygens (including phenoxy) is 1. The van der Waals surface area contributed by atoms with Gasteiger partial charge in [0, 0.05) is 11.6 Å². The fourth-order valence-electron chi connectivity index (χ4n) is 0.955. The van der Waals surface area contributed by atoms with E-state index in [4.69, 9.17) is 16.3 Å². The van der Waals surface area contributed by atoms with E-state index in [0.717, 1.165) is 6.20 Å². The summed E-state index contributed by atoms with van der Waals surface area (Å²) in [6, 6.07) is 5.07. The van der Waals surface area contributed by atoms with Gasteiger partial charge < -0.3 is 4.74 Å². The molecular formula is C9H8ClNO3. The number of halogens is 1. The van der Waals surface area contributed by atoms with Crippen LogP contribution in [-0.4, -0.2) is 12.0 Å². The summed E-state index contributed by atoms with van der Waals surface area (Å²) in [6.07, 6.45) is 2.16. The lowest BCUT2D eigenvalue weighted by Crippen LogP contribution is -1.87. The highest BCUT2D eigenvalue weighted by Crippen LogP contribution is 2.28. The van der Waals surface area contributed by atoms with Crippen molar-refractivity contribution in [3.05, 3.63) is 45.1 Å². The van der Waals surface area contributed by atoms with E-state index < -0.39 is 4.92 Å². The van der Waals surface area contributed by atoms with E-state index in [1.807, 2.05) is 0 Å². The summed E-state index contributed by atoms with van der Waals surface area (Å²) in [5.74, 6) is 0.497. The van der Waals surface area contributed by atoms with Crippen LogP contribution in [0.25, 0.3) is 6.08 Å². The number of rotatable bonds is 3. The van der Waals surface area contributed by atoms with Crippen LogP contribution in [0.15, 0.2) is 24.4 Å². The van der Waals surface area contributed by atoms with Crippen LogP contribution in [0.4, 0.5) is 0 Å². The number of methoxy groups -OCH3 is 1. The first-order valence-electron chi connectivity index (χ1n) is 3.79. The molecule has 0 saturated heterocycles. The summed E-state index contributed by atoms with van der Waals surface area (Å²) < 4.78 is 4.96. The fraction of sp³-hybridized carbons (Fsp3) is 0.111. The Labute approximate surface area is 85.9 Å². The van der Waals surface area contributed by atoms with Gasteiger partial charge in [-0.1, -0.05) is 23.7 Å². The highest BCUT2D eigenvalue weighted by molar-refractivity contribution is 6.33. The SMILES string of the molecule is COc1cccc(/C=C/[N+](=O)[O-])c1Cl. The molecule has 1 aromatic carbocycles. The molecule has 0 amide bonds. The van der Waals surface area contributed by atoms with Gasteiger partial charge in [-0.15, -0.1) is 0 Å². The monoisotopic (exact) mass is 213 g/mol. The van der Waals surface area contributed by atoms with Gasteiger partial charge in [-0.2, -0.15) is 0 Å². The van der Waals surface area contributed by atoms with Crippen molar-refractivity contribution in [3.8, 4) is 5.75 Å². The van der Waals surface area contributed by atoms with Crippen molar-refractivity contribution < 1.29 is 9.66 Å². The molecular weight excluding hydrogens is 206 g/mol. The molecule has 0 N–H and O–H groups in total. The molecule has 0 atom stereocenters. The Balaban J connectivity index is 3.03. The Hall–Kier alpha value is -1.55. The van der Waals surface area contributed by atoms with Crippen molar-refractivity contribution in [1.29, 1.82) is 0 Å². The zero-order valence-corrected chi connectivity index (χ0v) is 8.19. The van der Waals surface area contributed by atoms with Gasteiger partial charge in [-0.05, 0) is 6.07 Å². The van der Waals surface area contributed by atoms with Crippen molar-refractivity contribution in [2.24, 2.45) is 0 Å². The molecule has 0 radical (unpaired) electrons. The van der Waals surface area contributed by atoms with Gasteiger partial charge in [-0.3, -0.25) is 10.1 Å². The summed E-state index contributed by atoms with van der Waals surface area (Å²) in [7, 11) is 1.49. The third kappa shape index (κ3) is 2.47. The molecule has 5 heteroatoms. The Morgan fingerprint density at radius 2 is 2.29 bits per heavy atom. The molecule has 0 unspecified atom stereocenters. The first-order chi connectivity index (χ1) is 6.65. The first-order valence-corrected chi connectivity index (χ1v) is 4.17. The molecule has 0 spiro atoms. The number of nitro groups is 1. The molecule has 0 aliphatic heterocycles. The molecule has 0 aliphatic carbocycles. The van der Waals surface area contributed by atoms with Crippen molar-refractivity contribution in [2.45, 2.75) is 0 Å². The average molecular weight is 214 g/mol. The van der Waals surface area contributed by atoms with Gasteiger partial charge >= 0.3 is 0 Å². The smallest absolute Gasteiger partial charge is 0.235 e. The predicted molar refractivity (Wildman–Crippen MR) is 54.0 cm³/mol. The zero-order chi connectivity index (χ0) is 10.6. The summed E-state index contributed by atoms with van der Waals surface area (Å²) in [6.45, 7) is 0. The van der Waals surface area contributed by atoms with Gasteiger partial charge in [0.1, 0.15) is 5.75 Å².